The van der Waals surface area contributed by atoms with Crippen molar-refractivity contribution < 1.29 is 9.50 Å². The first-order chi connectivity index (χ1) is 15.2. The zero-order chi connectivity index (χ0) is 21.5. The first kappa shape index (κ1) is 24.0. The summed E-state index contributed by atoms with van der Waals surface area (Å²) in [6.07, 6.45) is 19.3. The van der Waals surface area contributed by atoms with Crippen LogP contribution in [0.5, 0.6) is 0 Å². The van der Waals surface area contributed by atoms with Gasteiger partial charge < -0.3 is 10.0 Å². The molecule has 0 radical (unpaired) electrons. The third-order valence-electron chi connectivity index (χ3n) is 9.33. The van der Waals surface area contributed by atoms with Gasteiger partial charge in [0.15, 0.2) is 0 Å². The van der Waals surface area contributed by atoms with E-state index < -0.39 is 6.17 Å². The maximum atomic E-state index is 13.4. The van der Waals surface area contributed by atoms with Crippen LogP contribution in [0.3, 0.4) is 0 Å². The molecule has 4 aliphatic rings. The van der Waals surface area contributed by atoms with E-state index in [4.69, 9.17) is 0 Å². The summed E-state index contributed by atoms with van der Waals surface area (Å²) in [5.41, 5.74) is 0. The second kappa shape index (κ2) is 12.3. The van der Waals surface area contributed by atoms with Crippen molar-refractivity contribution in [2.45, 2.75) is 115 Å². The van der Waals surface area contributed by atoms with Crippen molar-refractivity contribution in [2.24, 2.45) is 23.7 Å². The monoisotopic (exact) mass is 436 g/mol. The molecule has 2 saturated heterocycles. The number of hydrogen-bond donors (Lipinski definition) is 1. The van der Waals surface area contributed by atoms with Crippen LogP contribution in [0, 0.1) is 23.7 Å². The molecule has 4 heteroatoms. The third kappa shape index (κ3) is 7.40. The second-order valence-corrected chi connectivity index (χ2v) is 11.6. The molecule has 4 rings (SSSR count). The summed E-state index contributed by atoms with van der Waals surface area (Å²) < 4.78 is 13.4. The van der Waals surface area contributed by atoms with Crippen LogP contribution in [-0.4, -0.2) is 60.0 Å². The largest absolute Gasteiger partial charge is 0.378 e. The van der Waals surface area contributed by atoms with E-state index in [1.54, 1.807) is 0 Å². The van der Waals surface area contributed by atoms with Crippen molar-refractivity contribution in [3.8, 4) is 0 Å². The topological polar surface area (TPSA) is 26.7 Å². The van der Waals surface area contributed by atoms with E-state index in [0.29, 0.717) is 5.92 Å². The lowest BCUT2D eigenvalue weighted by Crippen LogP contribution is -2.48. The van der Waals surface area contributed by atoms with Gasteiger partial charge in [-0.15, -0.1) is 0 Å². The molecule has 0 aromatic heterocycles. The minimum atomic E-state index is -0.531. The molecule has 3 nitrogen and oxygen atoms in total. The smallest absolute Gasteiger partial charge is 0.110 e. The van der Waals surface area contributed by atoms with E-state index in [1.165, 1.54) is 83.8 Å². The Morgan fingerprint density at radius 1 is 0.710 bits per heavy atom. The van der Waals surface area contributed by atoms with Crippen LogP contribution >= 0.6 is 0 Å². The van der Waals surface area contributed by atoms with Crippen LogP contribution in [0.4, 0.5) is 4.39 Å². The minimum absolute atomic E-state index is 0.229. The number of alkyl halides is 1. The molecule has 0 spiro atoms. The number of piperidine rings is 2. The molecule has 2 aliphatic heterocycles. The molecule has 2 heterocycles. The van der Waals surface area contributed by atoms with Gasteiger partial charge in [-0.2, -0.15) is 0 Å². The van der Waals surface area contributed by atoms with Gasteiger partial charge in [-0.1, -0.05) is 32.1 Å². The SMILES string of the molecule is OC(C1CCN(CCCC2CCCCC2)CC1)N1CCC(CC2CCC(F)CC2)CC1. The fourth-order valence-electron chi connectivity index (χ4n) is 7.13. The lowest BCUT2D eigenvalue weighted by Gasteiger charge is -2.42. The molecule has 0 aromatic rings. The maximum absolute atomic E-state index is 13.4. The first-order valence-corrected chi connectivity index (χ1v) is 14.0. The van der Waals surface area contributed by atoms with Gasteiger partial charge in [0.1, 0.15) is 12.4 Å². The van der Waals surface area contributed by atoms with Crippen molar-refractivity contribution in [1.29, 1.82) is 0 Å². The Morgan fingerprint density at radius 3 is 2.03 bits per heavy atom. The average molecular weight is 437 g/mol. The van der Waals surface area contributed by atoms with Crippen LogP contribution in [0.25, 0.3) is 0 Å². The molecule has 0 bridgehead atoms. The molecular weight excluding hydrogens is 387 g/mol. The standard InChI is InChI=1S/C27H49FN2O/c28-26-10-8-23(9-11-26)21-24-12-19-30(20-13-24)27(31)25-14-17-29(18-15-25)16-4-7-22-5-2-1-3-6-22/h22-27,31H,1-21H2. The molecule has 180 valence electrons. The molecule has 2 aliphatic carbocycles. The average Bonchev–Trinajstić information content (AvgIpc) is 2.82. The lowest BCUT2D eigenvalue weighted by molar-refractivity contribution is -0.0721. The van der Waals surface area contributed by atoms with Crippen molar-refractivity contribution in [3.63, 3.8) is 0 Å². The first-order valence-electron chi connectivity index (χ1n) is 14.0. The summed E-state index contributed by atoms with van der Waals surface area (Å²) in [5.74, 6) is 3.03. The Labute approximate surface area is 191 Å². The van der Waals surface area contributed by atoms with E-state index in [9.17, 15) is 9.50 Å². The van der Waals surface area contributed by atoms with Gasteiger partial charge in [0.2, 0.25) is 0 Å². The summed E-state index contributed by atoms with van der Waals surface area (Å²) in [4.78, 5) is 5.03. The normalized spacial score (nSPS) is 32.3. The summed E-state index contributed by atoms with van der Waals surface area (Å²) in [7, 11) is 0. The summed E-state index contributed by atoms with van der Waals surface area (Å²) in [6, 6.07) is 0. The van der Waals surface area contributed by atoms with Crippen LogP contribution in [0.15, 0.2) is 0 Å². The fraction of sp³-hybridized carbons (Fsp3) is 1.00. The number of rotatable bonds is 8. The molecule has 1 unspecified atom stereocenters. The van der Waals surface area contributed by atoms with E-state index in [2.05, 4.69) is 9.80 Å². The highest BCUT2D eigenvalue weighted by Crippen LogP contribution is 2.35. The van der Waals surface area contributed by atoms with Gasteiger partial charge in [-0.05, 0) is 108 Å². The Bertz CT molecular complexity index is 487. The Balaban J connectivity index is 1.08. The quantitative estimate of drug-likeness (QED) is 0.505. The van der Waals surface area contributed by atoms with Crippen molar-refractivity contribution in [2.75, 3.05) is 32.7 Å². The van der Waals surface area contributed by atoms with E-state index in [0.717, 1.165) is 69.4 Å². The molecule has 1 N–H and O–H groups in total. The summed E-state index contributed by atoms with van der Waals surface area (Å²) in [5, 5.41) is 11.0. The van der Waals surface area contributed by atoms with Gasteiger partial charge in [-0.25, -0.2) is 4.39 Å². The number of aliphatic hydroxyl groups is 1. The highest BCUT2D eigenvalue weighted by atomic mass is 19.1. The van der Waals surface area contributed by atoms with Gasteiger partial charge in [0, 0.05) is 19.0 Å². The number of aliphatic hydroxyl groups excluding tert-OH is 1. The number of hydrogen-bond acceptors (Lipinski definition) is 3. The summed E-state index contributed by atoms with van der Waals surface area (Å²) >= 11 is 0. The molecule has 2 saturated carbocycles. The number of halogens is 1. The van der Waals surface area contributed by atoms with Crippen molar-refractivity contribution in [3.05, 3.63) is 0 Å². The van der Waals surface area contributed by atoms with E-state index in [-0.39, 0.29) is 6.23 Å². The van der Waals surface area contributed by atoms with Gasteiger partial charge in [0.25, 0.3) is 0 Å². The predicted octanol–water partition coefficient (Wildman–Crippen LogP) is 6.01. The van der Waals surface area contributed by atoms with E-state index in [1.807, 2.05) is 0 Å². The highest BCUT2D eigenvalue weighted by molar-refractivity contribution is 4.83. The van der Waals surface area contributed by atoms with Crippen LogP contribution in [-0.2, 0) is 0 Å². The molecule has 0 amide bonds. The van der Waals surface area contributed by atoms with E-state index >= 15 is 0 Å². The fourth-order valence-corrected chi connectivity index (χ4v) is 7.13. The number of nitrogens with zero attached hydrogens (tertiary/aromatic N) is 2. The van der Waals surface area contributed by atoms with Crippen molar-refractivity contribution in [1.82, 2.24) is 9.80 Å². The van der Waals surface area contributed by atoms with Crippen LogP contribution in [0.2, 0.25) is 0 Å². The molecule has 0 aromatic carbocycles. The maximum Gasteiger partial charge on any atom is 0.110 e. The second-order valence-electron chi connectivity index (χ2n) is 11.6. The van der Waals surface area contributed by atoms with Crippen LogP contribution in [0.1, 0.15) is 103 Å². The van der Waals surface area contributed by atoms with Gasteiger partial charge in [-0.3, -0.25) is 4.90 Å². The zero-order valence-electron chi connectivity index (χ0n) is 20.0. The molecular formula is C27H49FN2O. The molecule has 1 atom stereocenters. The Kier molecular flexibility index (Phi) is 9.52. The molecule has 31 heavy (non-hydrogen) atoms. The third-order valence-corrected chi connectivity index (χ3v) is 9.33. The highest BCUT2D eigenvalue weighted by Gasteiger charge is 2.32. The zero-order valence-corrected chi connectivity index (χ0v) is 20.0. The number of likely N-dealkylation sites (tertiary alicyclic amines) is 2. The molecule has 4 fully saturated rings. The Morgan fingerprint density at radius 2 is 1.35 bits per heavy atom. The summed E-state index contributed by atoms with van der Waals surface area (Å²) in [6.45, 7) is 5.76. The van der Waals surface area contributed by atoms with Crippen LogP contribution < -0.4 is 0 Å². The van der Waals surface area contributed by atoms with Gasteiger partial charge in [0.05, 0.1) is 0 Å². The minimum Gasteiger partial charge on any atom is -0.378 e. The Hall–Kier alpha value is -0.190. The van der Waals surface area contributed by atoms with Crippen molar-refractivity contribution >= 4 is 0 Å². The lowest BCUT2D eigenvalue weighted by atomic mass is 9.79. The van der Waals surface area contributed by atoms with Gasteiger partial charge >= 0.3 is 0 Å². The predicted molar refractivity (Wildman–Crippen MR) is 127 cm³/mol.